The first kappa shape index (κ1) is 16.6. The lowest BCUT2D eigenvalue weighted by atomic mass is 9.91. The highest BCUT2D eigenvalue weighted by Gasteiger charge is 2.28. The molecule has 0 aliphatic heterocycles. The molecule has 0 aliphatic rings. The van der Waals surface area contributed by atoms with Gasteiger partial charge in [-0.15, -0.1) is 0 Å². The number of ether oxygens (including phenoxy) is 1. The number of carbonyl (C=O) groups excluding carboxylic acids is 1. The van der Waals surface area contributed by atoms with Crippen molar-refractivity contribution in [2.45, 2.75) is 59.2 Å². The van der Waals surface area contributed by atoms with Gasteiger partial charge in [-0.2, -0.15) is 0 Å². The van der Waals surface area contributed by atoms with Crippen molar-refractivity contribution in [2.24, 2.45) is 5.41 Å². The van der Waals surface area contributed by atoms with Crippen LogP contribution in [0.1, 0.15) is 40.5 Å². The molecule has 4 heteroatoms. The smallest absolute Gasteiger partial charge is 0.311 e. The highest BCUT2D eigenvalue weighted by Crippen LogP contribution is 2.22. The van der Waals surface area contributed by atoms with E-state index in [1.165, 1.54) is 0 Å². The fourth-order valence-corrected chi connectivity index (χ4v) is 3.11. The molecule has 0 rings (SSSR count). The summed E-state index contributed by atoms with van der Waals surface area (Å²) < 4.78 is 10.9. The van der Waals surface area contributed by atoms with Crippen molar-refractivity contribution < 1.29 is 14.0 Å². The molecule has 0 saturated carbocycles. The molecular formula is C13H28O3Si. The summed E-state index contributed by atoms with van der Waals surface area (Å²) in [6.07, 6.45) is 1.72. The van der Waals surface area contributed by atoms with E-state index >= 15 is 0 Å². The second-order valence-electron chi connectivity index (χ2n) is 5.48. The van der Waals surface area contributed by atoms with Crippen molar-refractivity contribution in [3.8, 4) is 0 Å². The van der Waals surface area contributed by atoms with E-state index in [1.54, 1.807) is 7.11 Å². The Morgan fingerprint density at radius 2 is 1.88 bits per heavy atom. The molecule has 1 atom stereocenters. The molecule has 3 nitrogen and oxygen atoms in total. The van der Waals surface area contributed by atoms with Gasteiger partial charge in [-0.1, -0.05) is 13.8 Å². The van der Waals surface area contributed by atoms with Crippen LogP contribution in [0.2, 0.25) is 18.6 Å². The highest BCUT2D eigenvalue weighted by molar-refractivity contribution is 6.72. The summed E-state index contributed by atoms with van der Waals surface area (Å²) in [6, 6.07) is 2.16. The lowest BCUT2D eigenvalue weighted by Gasteiger charge is -2.24. The Morgan fingerprint density at radius 3 is 2.29 bits per heavy atom. The average Bonchev–Trinajstić information content (AvgIpc) is 2.33. The van der Waals surface area contributed by atoms with E-state index in [9.17, 15) is 4.79 Å². The van der Waals surface area contributed by atoms with Gasteiger partial charge in [0.25, 0.3) is 0 Å². The van der Waals surface area contributed by atoms with E-state index in [2.05, 4.69) is 13.5 Å². The Kier molecular flexibility index (Phi) is 7.01. The molecule has 0 fully saturated rings. The van der Waals surface area contributed by atoms with E-state index in [0.29, 0.717) is 6.61 Å². The molecule has 0 amide bonds. The molecule has 0 aromatic rings. The summed E-state index contributed by atoms with van der Waals surface area (Å²) in [7, 11) is 0.279. The standard InChI is InChI=1S/C13H28O3Si/c1-7-13(3,4)12(14)16-10-9-11-17(6,8-2)15-5/h7-11H2,1-6H3. The molecule has 17 heavy (non-hydrogen) atoms. The molecule has 0 N–H and O–H groups in total. The molecule has 0 bridgehead atoms. The molecule has 0 aromatic heterocycles. The normalized spacial score (nSPS) is 15.4. The first-order chi connectivity index (χ1) is 7.81. The maximum absolute atomic E-state index is 11.7. The van der Waals surface area contributed by atoms with Crippen LogP contribution in [0.4, 0.5) is 0 Å². The predicted octanol–water partition coefficient (Wildman–Crippen LogP) is 3.60. The Balaban J connectivity index is 3.90. The van der Waals surface area contributed by atoms with Crippen molar-refractivity contribution in [3.05, 3.63) is 0 Å². The summed E-state index contributed by atoms with van der Waals surface area (Å²) >= 11 is 0. The number of hydrogen-bond acceptors (Lipinski definition) is 3. The first-order valence-corrected chi connectivity index (χ1v) is 9.36. The van der Waals surface area contributed by atoms with Gasteiger partial charge in [0.1, 0.15) is 0 Å². The third-order valence-electron chi connectivity index (χ3n) is 3.76. The van der Waals surface area contributed by atoms with Crippen molar-refractivity contribution in [2.75, 3.05) is 13.7 Å². The topological polar surface area (TPSA) is 35.5 Å². The Labute approximate surface area is 107 Å². The zero-order valence-electron chi connectivity index (χ0n) is 12.3. The largest absolute Gasteiger partial charge is 0.465 e. The average molecular weight is 260 g/mol. The fourth-order valence-electron chi connectivity index (χ4n) is 1.37. The van der Waals surface area contributed by atoms with Gasteiger partial charge in [-0.25, -0.2) is 0 Å². The van der Waals surface area contributed by atoms with Crippen LogP contribution in [0.5, 0.6) is 0 Å². The quantitative estimate of drug-likeness (QED) is 0.380. The van der Waals surface area contributed by atoms with Gasteiger partial charge in [0.15, 0.2) is 8.32 Å². The highest BCUT2D eigenvalue weighted by atomic mass is 28.4. The fraction of sp³-hybridized carbons (Fsp3) is 0.923. The Hall–Kier alpha value is -0.353. The van der Waals surface area contributed by atoms with Crippen LogP contribution in [0.25, 0.3) is 0 Å². The molecular weight excluding hydrogens is 232 g/mol. The third-order valence-corrected chi connectivity index (χ3v) is 7.65. The van der Waals surface area contributed by atoms with Crippen molar-refractivity contribution >= 4 is 14.3 Å². The Morgan fingerprint density at radius 1 is 1.29 bits per heavy atom. The second-order valence-corrected chi connectivity index (χ2v) is 10.00. The van der Waals surface area contributed by atoms with E-state index in [4.69, 9.17) is 9.16 Å². The number of hydrogen-bond donors (Lipinski definition) is 0. The number of carbonyl (C=O) groups is 1. The zero-order valence-corrected chi connectivity index (χ0v) is 13.3. The first-order valence-electron chi connectivity index (χ1n) is 6.53. The predicted molar refractivity (Wildman–Crippen MR) is 73.6 cm³/mol. The molecule has 1 unspecified atom stereocenters. The lowest BCUT2D eigenvalue weighted by molar-refractivity contribution is -0.154. The van der Waals surface area contributed by atoms with Crippen molar-refractivity contribution in [1.82, 2.24) is 0 Å². The van der Waals surface area contributed by atoms with E-state index in [1.807, 2.05) is 20.8 Å². The molecule has 0 aromatic carbocycles. The summed E-state index contributed by atoms with van der Waals surface area (Å²) in [6.45, 7) is 10.8. The van der Waals surface area contributed by atoms with Crippen molar-refractivity contribution in [3.63, 3.8) is 0 Å². The van der Waals surface area contributed by atoms with Crippen LogP contribution >= 0.6 is 0 Å². The van der Waals surface area contributed by atoms with Crippen LogP contribution in [0.15, 0.2) is 0 Å². The minimum absolute atomic E-state index is 0.0858. The van der Waals surface area contributed by atoms with Crippen LogP contribution in [0, 0.1) is 5.41 Å². The van der Waals surface area contributed by atoms with Crippen LogP contribution in [-0.4, -0.2) is 28.0 Å². The summed E-state index contributed by atoms with van der Waals surface area (Å²) in [5, 5.41) is 0. The lowest BCUT2D eigenvalue weighted by Crippen LogP contribution is -2.32. The number of esters is 1. The minimum Gasteiger partial charge on any atom is -0.465 e. The molecule has 0 radical (unpaired) electrons. The molecule has 0 heterocycles. The second kappa shape index (κ2) is 7.16. The molecule has 0 spiro atoms. The maximum Gasteiger partial charge on any atom is 0.311 e. The van der Waals surface area contributed by atoms with Crippen molar-refractivity contribution in [1.29, 1.82) is 0 Å². The molecule has 102 valence electrons. The van der Waals surface area contributed by atoms with E-state index in [-0.39, 0.29) is 11.4 Å². The summed E-state index contributed by atoms with van der Waals surface area (Å²) in [5.41, 5.74) is -0.354. The van der Waals surface area contributed by atoms with Gasteiger partial charge >= 0.3 is 5.97 Å². The van der Waals surface area contributed by atoms with Gasteiger partial charge < -0.3 is 9.16 Å². The maximum atomic E-state index is 11.7. The monoisotopic (exact) mass is 260 g/mol. The zero-order chi connectivity index (χ0) is 13.5. The van der Waals surface area contributed by atoms with Gasteiger partial charge in [-0.05, 0) is 45.3 Å². The Bertz CT molecular complexity index is 235. The molecule has 0 aliphatic carbocycles. The number of rotatable bonds is 8. The summed E-state index contributed by atoms with van der Waals surface area (Å²) in [4.78, 5) is 11.7. The summed E-state index contributed by atoms with van der Waals surface area (Å²) in [5.74, 6) is -0.0858. The van der Waals surface area contributed by atoms with Gasteiger partial charge in [-0.3, -0.25) is 4.79 Å². The SMILES string of the molecule is CCC(C)(C)C(=O)OCCC[Si](C)(CC)OC. The van der Waals surface area contributed by atoms with Crippen LogP contribution < -0.4 is 0 Å². The van der Waals surface area contributed by atoms with Gasteiger partial charge in [0.05, 0.1) is 12.0 Å². The van der Waals surface area contributed by atoms with Gasteiger partial charge in [0, 0.05) is 7.11 Å². The van der Waals surface area contributed by atoms with E-state index < -0.39 is 8.32 Å². The minimum atomic E-state index is -1.51. The van der Waals surface area contributed by atoms with Crippen LogP contribution in [-0.2, 0) is 14.0 Å². The van der Waals surface area contributed by atoms with E-state index in [0.717, 1.165) is 24.9 Å². The molecule has 0 saturated heterocycles. The van der Waals surface area contributed by atoms with Gasteiger partial charge in [0.2, 0.25) is 0 Å². The third kappa shape index (κ3) is 5.68. The van der Waals surface area contributed by atoms with Crippen LogP contribution in [0.3, 0.4) is 0 Å².